The molecule has 0 saturated carbocycles. The van der Waals surface area contributed by atoms with Crippen LogP contribution in [-0.4, -0.2) is 23.3 Å². The molecule has 2 rings (SSSR count). The van der Waals surface area contributed by atoms with Crippen molar-refractivity contribution in [2.75, 3.05) is 6.61 Å². The van der Waals surface area contributed by atoms with Gasteiger partial charge < -0.3 is 10.1 Å². The van der Waals surface area contributed by atoms with E-state index in [9.17, 15) is 13.6 Å². The van der Waals surface area contributed by atoms with E-state index in [1.807, 2.05) is 13.0 Å². The number of hydrogen-bond donors (Lipinski definition) is 1. The van der Waals surface area contributed by atoms with Gasteiger partial charge in [0.05, 0.1) is 6.61 Å². The van der Waals surface area contributed by atoms with Crippen molar-refractivity contribution in [2.24, 2.45) is 0 Å². The summed E-state index contributed by atoms with van der Waals surface area (Å²) in [6.45, 7) is 2.62. The quantitative estimate of drug-likeness (QED) is 0.782. The van der Waals surface area contributed by atoms with E-state index in [2.05, 4.69) is 10.3 Å². The van der Waals surface area contributed by atoms with Crippen LogP contribution in [0, 0.1) is 0 Å². The number of halogens is 2. The Kier molecular flexibility index (Phi) is 6.34. The van der Waals surface area contributed by atoms with Crippen molar-refractivity contribution in [3.63, 3.8) is 0 Å². The van der Waals surface area contributed by atoms with Gasteiger partial charge in [-0.2, -0.15) is 8.78 Å². The predicted octanol–water partition coefficient (Wildman–Crippen LogP) is 3.73. The standard InChI is InChI=1S/C16H16F2N2O2S/c1-2-22-15-12(4-3-9-19-15)10-20-14(21)11-5-7-13(8-6-11)23-16(17)18/h3-9,16H,2,10H2,1H3,(H,20,21). The topological polar surface area (TPSA) is 51.2 Å². The highest BCUT2D eigenvalue weighted by molar-refractivity contribution is 7.99. The third-order valence-electron chi connectivity index (χ3n) is 2.91. The van der Waals surface area contributed by atoms with Crippen molar-refractivity contribution in [3.05, 3.63) is 53.7 Å². The minimum atomic E-state index is -2.47. The Morgan fingerprint density at radius 3 is 2.70 bits per heavy atom. The van der Waals surface area contributed by atoms with Crippen LogP contribution in [0.3, 0.4) is 0 Å². The highest BCUT2D eigenvalue weighted by Crippen LogP contribution is 2.25. The molecule has 1 aromatic carbocycles. The Bertz CT molecular complexity index is 651. The lowest BCUT2D eigenvalue weighted by atomic mass is 10.2. The lowest BCUT2D eigenvalue weighted by molar-refractivity contribution is 0.0950. The molecule has 0 unspecified atom stereocenters. The van der Waals surface area contributed by atoms with E-state index in [-0.39, 0.29) is 12.5 Å². The number of rotatable bonds is 7. The second kappa shape index (κ2) is 8.47. The fourth-order valence-corrected chi connectivity index (χ4v) is 2.39. The van der Waals surface area contributed by atoms with Gasteiger partial charge >= 0.3 is 0 Å². The molecule has 4 nitrogen and oxygen atoms in total. The number of carbonyl (C=O) groups is 1. The smallest absolute Gasteiger partial charge is 0.288 e. The molecule has 0 atom stereocenters. The molecule has 122 valence electrons. The number of carbonyl (C=O) groups excluding carboxylic acids is 1. The summed E-state index contributed by atoms with van der Waals surface area (Å²) in [5.41, 5.74) is 1.18. The number of pyridine rings is 1. The maximum atomic E-state index is 12.3. The van der Waals surface area contributed by atoms with E-state index < -0.39 is 5.76 Å². The number of hydrogen-bond acceptors (Lipinski definition) is 4. The van der Waals surface area contributed by atoms with Gasteiger partial charge in [-0.3, -0.25) is 4.79 Å². The van der Waals surface area contributed by atoms with Gasteiger partial charge in [-0.15, -0.1) is 0 Å². The van der Waals surface area contributed by atoms with E-state index in [0.717, 1.165) is 5.56 Å². The molecule has 0 radical (unpaired) electrons. The summed E-state index contributed by atoms with van der Waals surface area (Å²) in [7, 11) is 0. The Morgan fingerprint density at radius 2 is 2.04 bits per heavy atom. The number of amides is 1. The van der Waals surface area contributed by atoms with E-state index in [0.29, 0.717) is 34.7 Å². The monoisotopic (exact) mass is 338 g/mol. The van der Waals surface area contributed by atoms with Gasteiger partial charge in [0, 0.05) is 28.8 Å². The van der Waals surface area contributed by atoms with Gasteiger partial charge in [0.1, 0.15) is 0 Å². The summed E-state index contributed by atoms with van der Waals surface area (Å²) < 4.78 is 29.9. The number of benzene rings is 1. The molecule has 0 aliphatic heterocycles. The SMILES string of the molecule is CCOc1ncccc1CNC(=O)c1ccc(SC(F)F)cc1. The van der Waals surface area contributed by atoms with Crippen LogP contribution < -0.4 is 10.1 Å². The van der Waals surface area contributed by atoms with Gasteiger partial charge in [-0.05, 0) is 37.3 Å². The Morgan fingerprint density at radius 1 is 1.30 bits per heavy atom. The van der Waals surface area contributed by atoms with E-state index in [1.54, 1.807) is 12.3 Å². The van der Waals surface area contributed by atoms with Crippen LogP contribution in [0.2, 0.25) is 0 Å². The van der Waals surface area contributed by atoms with Crippen molar-refractivity contribution in [3.8, 4) is 5.88 Å². The minimum absolute atomic E-state index is 0.273. The van der Waals surface area contributed by atoms with E-state index in [4.69, 9.17) is 4.74 Å². The molecular formula is C16H16F2N2O2S. The largest absolute Gasteiger partial charge is 0.478 e. The lowest BCUT2D eigenvalue weighted by Gasteiger charge is -2.10. The number of ether oxygens (including phenoxy) is 1. The third-order valence-corrected chi connectivity index (χ3v) is 3.63. The molecule has 1 aromatic heterocycles. The molecule has 0 spiro atoms. The highest BCUT2D eigenvalue weighted by atomic mass is 32.2. The summed E-state index contributed by atoms with van der Waals surface area (Å²) in [4.78, 5) is 16.6. The van der Waals surface area contributed by atoms with Crippen molar-refractivity contribution in [1.82, 2.24) is 10.3 Å². The number of nitrogens with zero attached hydrogens (tertiary/aromatic N) is 1. The summed E-state index contributed by atoms with van der Waals surface area (Å²) in [5, 5.41) is 2.76. The van der Waals surface area contributed by atoms with Crippen LogP contribution >= 0.6 is 11.8 Å². The van der Waals surface area contributed by atoms with Crippen molar-refractivity contribution in [1.29, 1.82) is 0 Å². The first-order valence-electron chi connectivity index (χ1n) is 7.00. The zero-order chi connectivity index (χ0) is 16.7. The molecule has 0 aliphatic rings. The average molecular weight is 338 g/mol. The highest BCUT2D eigenvalue weighted by Gasteiger charge is 2.10. The van der Waals surface area contributed by atoms with E-state index in [1.165, 1.54) is 24.3 Å². The van der Waals surface area contributed by atoms with Crippen LogP contribution in [0.15, 0.2) is 47.5 Å². The van der Waals surface area contributed by atoms with Crippen molar-refractivity contribution in [2.45, 2.75) is 24.1 Å². The maximum absolute atomic E-state index is 12.3. The number of aromatic nitrogens is 1. The number of alkyl halides is 2. The normalized spacial score (nSPS) is 10.6. The summed E-state index contributed by atoms with van der Waals surface area (Å²) in [5.74, 6) is -2.28. The Balaban J connectivity index is 1.97. The Hall–Kier alpha value is -2.15. The first-order valence-corrected chi connectivity index (χ1v) is 7.88. The molecule has 7 heteroatoms. The van der Waals surface area contributed by atoms with Crippen LogP contribution in [0.1, 0.15) is 22.8 Å². The number of thioether (sulfide) groups is 1. The zero-order valence-corrected chi connectivity index (χ0v) is 13.3. The fourth-order valence-electron chi connectivity index (χ4n) is 1.89. The van der Waals surface area contributed by atoms with E-state index >= 15 is 0 Å². The molecule has 0 fully saturated rings. The third kappa shape index (κ3) is 5.21. The summed E-state index contributed by atoms with van der Waals surface area (Å²) in [6.07, 6.45) is 1.62. The summed E-state index contributed by atoms with van der Waals surface area (Å²) in [6, 6.07) is 9.63. The molecule has 2 aromatic rings. The average Bonchev–Trinajstić information content (AvgIpc) is 2.54. The van der Waals surface area contributed by atoms with Crippen LogP contribution in [0.5, 0.6) is 5.88 Å². The predicted molar refractivity (Wildman–Crippen MR) is 84.9 cm³/mol. The molecule has 0 bridgehead atoms. The molecule has 23 heavy (non-hydrogen) atoms. The van der Waals surface area contributed by atoms with Gasteiger partial charge in [0.25, 0.3) is 11.7 Å². The maximum Gasteiger partial charge on any atom is 0.288 e. The minimum Gasteiger partial charge on any atom is -0.478 e. The summed E-state index contributed by atoms with van der Waals surface area (Å²) >= 11 is 0.447. The molecule has 1 N–H and O–H groups in total. The lowest BCUT2D eigenvalue weighted by Crippen LogP contribution is -2.23. The van der Waals surface area contributed by atoms with Crippen molar-refractivity contribution >= 4 is 17.7 Å². The number of nitrogens with one attached hydrogen (secondary N) is 1. The van der Waals surface area contributed by atoms with Crippen LogP contribution in [0.4, 0.5) is 8.78 Å². The van der Waals surface area contributed by atoms with Gasteiger partial charge in [-0.1, -0.05) is 17.8 Å². The first-order chi connectivity index (χ1) is 11.1. The second-order valence-corrected chi connectivity index (χ2v) is 5.55. The molecule has 1 amide bonds. The van der Waals surface area contributed by atoms with Crippen LogP contribution in [-0.2, 0) is 6.54 Å². The zero-order valence-electron chi connectivity index (χ0n) is 12.5. The van der Waals surface area contributed by atoms with Crippen molar-refractivity contribution < 1.29 is 18.3 Å². The Labute approximate surface area is 137 Å². The van der Waals surface area contributed by atoms with Gasteiger partial charge in [0.15, 0.2) is 0 Å². The van der Waals surface area contributed by atoms with Gasteiger partial charge in [0.2, 0.25) is 5.88 Å². The molecular weight excluding hydrogens is 322 g/mol. The molecule has 0 aliphatic carbocycles. The molecule has 0 saturated heterocycles. The second-order valence-electron chi connectivity index (χ2n) is 4.49. The van der Waals surface area contributed by atoms with Gasteiger partial charge in [-0.25, -0.2) is 4.98 Å². The molecule has 1 heterocycles. The first kappa shape index (κ1) is 17.2. The fraction of sp³-hybridized carbons (Fsp3) is 0.250. The van der Waals surface area contributed by atoms with Crippen LogP contribution in [0.25, 0.3) is 0 Å².